The summed E-state index contributed by atoms with van der Waals surface area (Å²) in [7, 11) is 0. The van der Waals surface area contributed by atoms with Crippen molar-refractivity contribution in [1.29, 1.82) is 0 Å². The molecule has 0 radical (unpaired) electrons. The number of Topliss-reactive ketones (excluding diaryl/α,β-unsaturated/α-hetero) is 1. The van der Waals surface area contributed by atoms with Crippen molar-refractivity contribution in [2.45, 2.75) is 110 Å². The minimum atomic E-state index is -1.39. The molecule has 0 spiro atoms. The van der Waals surface area contributed by atoms with Gasteiger partial charge in [0.15, 0.2) is 6.29 Å². The summed E-state index contributed by atoms with van der Waals surface area (Å²) in [5.41, 5.74) is 0. The summed E-state index contributed by atoms with van der Waals surface area (Å²) in [6.45, 7) is 4.25. The molecule has 0 aromatic heterocycles. The van der Waals surface area contributed by atoms with E-state index in [2.05, 4.69) is 12.2 Å². The van der Waals surface area contributed by atoms with Crippen LogP contribution in [0.1, 0.15) is 97.3 Å². The minimum absolute atomic E-state index is 0.0580. The average molecular weight is 330 g/mol. The van der Waals surface area contributed by atoms with Crippen molar-refractivity contribution in [1.82, 2.24) is 5.32 Å². The molecule has 0 aromatic carbocycles. The van der Waals surface area contributed by atoms with Gasteiger partial charge in [0.2, 0.25) is 0 Å². The van der Waals surface area contributed by atoms with Gasteiger partial charge in [0.05, 0.1) is 6.04 Å². The SMILES string of the molecule is CCCCCCCCCCCCCC(=O)C(CC)NCC(O)O. The predicted octanol–water partition coefficient (Wildman–Crippen LogP) is 3.94. The van der Waals surface area contributed by atoms with Crippen molar-refractivity contribution in [2.24, 2.45) is 0 Å². The van der Waals surface area contributed by atoms with E-state index in [9.17, 15) is 4.79 Å². The normalized spacial score (nSPS) is 12.7. The lowest BCUT2D eigenvalue weighted by atomic mass is 10.0. The maximum absolute atomic E-state index is 12.0. The molecule has 0 saturated carbocycles. The van der Waals surface area contributed by atoms with Crippen LogP contribution in [0.3, 0.4) is 0 Å². The Bertz CT molecular complexity index is 269. The maximum Gasteiger partial charge on any atom is 0.164 e. The first kappa shape index (κ1) is 22.6. The van der Waals surface area contributed by atoms with Crippen LogP contribution in [-0.2, 0) is 4.79 Å². The van der Waals surface area contributed by atoms with E-state index in [-0.39, 0.29) is 18.4 Å². The molecule has 0 heterocycles. The van der Waals surface area contributed by atoms with E-state index >= 15 is 0 Å². The average Bonchev–Trinajstić information content (AvgIpc) is 2.53. The van der Waals surface area contributed by atoms with Crippen molar-refractivity contribution in [3.63, 3.8) is 0 Å². The molecule has 138 valence electrons. The molecular formula is C19H39NO3. The molecule has 23 heavy (non-hydrogen) atoms. The number of aliphatic hydroxyl groups excluding tert-OH is 1. The molecule has 3 N–H and O–H groups in total. The Kier molecular flexibility index (Phi) is 16.1. The van der Waals surface area contributed by atoms with E-state index < -0.39 is 6.29 Å². The van der Waals surface area contributed by atoms with Gasteiger partial charge in [0.1, 0.15) is 5.78 Å². The third-order valence-electron chi connectivity index (χ3n) is 4.37. The largest absolute Gasteiger partial charge is 0.367 e. The van der Waals surface area contributed by atoms with Gasteiger partial charge >= 0.3 is 0 Å². The number of carbonyl (C=O) groups is 1. The summed E-state index contributed by atoms with van der Waals surface area (Å²) in [5.74, 6) is 0.198. The lowest BCUT2D eigenvalue weighted by molar-refractivity contribution is -0.121. The fourth-order valence-electron chi connectivity index (χ4n) is 2.87. The monoisotopic (exact) mass is 329 g/mol. The zero-order valence-electron chi connectivity index (χ0n) is 15.4. The fourth-order valence-corrected chi connectivity index (χ4v) is 2.87. The summed E-state index contributed by atoms with van der Waals surface area (Å²) in [6.07, 6.45) is 14.0. The highest BCUT2D eigenvalue weighted by Crippen LogP contribution is 2.12. The summed E-state index contributed by atoms with van der Waals surface area (Å²) < 4.78 is 0. The van der Waals surface area contributed by atoms with Crippen LogP contribution in [0.4, 0.5) is 0 Å². The Balaban J connectivity index is 3.43. The van der Waals surface area contributed by atoms with Crippen LogP contribution in [0.2, 0.25) is 0 Å². The van der Waals surface area contributed by atoms with Gasteiger partial charge in [-0.15, -0.1) is 0 Å². The Morgan fingerprint density at radius 1 is 0.826 bits per heavy atom. The number of hydrogen-bond acceptors (Lipinski definition) is 4. The second-order valence-electron chi connectivity index (χ2n) is 6.60. The predicted molar refractivity (Wildman–Crippen MR) is 96.4 cm³/mol. The Morgan fingerprint density at radius 2 is 1.30 bits per heavy atom. The summed E-state index contributed by atoms with van der Waals surface area (Å²) in [6, 6.07) is -0.236. The summed E-state index contributed by atoms with van der Waals surface area (Å²) >= 11 is 0. The van der Waals surface area contributed by atoms with E-state index in [0.29, 0.717) is 12.8 Å². The smallest absolute Gasteiger partial charge is 0.164 e. The first-order chi connectivity index (χ1) is 11.1. The number of carbonyl (C=O) groups excluding carboxylic acids is 1. The number of aliphatic hydroxyl groups is 2. The van der Waals surface area contributed by atoms with E-state index in [4.69, 9.17) is 10.2 Å². The second kappa shape index (κ2) is 16.4. The fraction of sp³-hybridized carbons (Fsp3) is 0.947. The molecule has 0 fully saturated rings. The molecule has 4 heteroatoms. The standard InChI is InChI=1S/C19H39NO3/c1-3-5-6-7-8-9-10-11-12-13-14-15-18(21)17(4-2)20-16-19(22)23/h17,19-20,22-23H,3-16H2,1-2H3. The molecule has 4 nitrogen and oxygen atoms in total. The summed E-state index contributed by atoms with van der Waals surface area (Å²) in [4.78, 5) is 12.0. The lowest BCUT2D eigenvalue weighted by Gasteiger charge is -2.16. The van der Waals surface area contributed by atoms with Crippen molar-refractivity contribution in [2.75, 3.05) is 6.54 Å². The first-order valence-electron chi connectivity index (χ1n) is 9.74. The second-order valence-corrected chi connectivity index (χ2v) is 6.60. The highest BCUT2D eigenvalue weighted by Gasteiger charge is 2.15. The van der Waals surface area contributed by atoms with Gasteiger partial charge in [-0.2, -0.15) is 0 Å². The van der Waals surface area contributed by atoms with Crippen LogP contribution < -0.4 is 5.32 Å². The molecule has 0 bridgehead atoms. The number of unbranched alkanes of at least 4 members (excludes halogenated alkanes) is 10. The molecule has 0 aliphatic rings. The number of hydrogen-bond donors (Lipinski definition) is 3. The highest BCUT2D eigenvalue weighted by atomic mass is 16.5. The van der Waals surface area contributed by atoms with E-state index in [1.54, 1.807) is 0 Å². The lowest BCUT2D eigenvalue weighted by Crippen LogP contribution is -2.40. The number of ketones is 1. The molecular weight excluding hydrogens is 290 g/mol. The van der Waals surface area contributed by atoms with Gasteiger partial charge < -0.3 is 15.5 Å². The quantitative estimate of drug-likeness (QED) is 0.279. The zero-order chi connectivity index (χ0) is 17.3. The number of nitrogens with one attached hydrogen (secondary N) is 1. The molecule has 0 rings (SSSR count). The van der Waals surface area contributed by atoms with Crippen molar-refractivity contribution in [3.05, 3.63) is 0 Å². The Labute approximate surface area is 143 Å². The van der Waals surface area contributed by atoms with Gasteiger partial charge in [-0.25, -0.2) is 0 Å². The Hall–Kier alpha value is -0.450. The maximum atomic E-state index is 12.0. The van der Waals surface area contributed by atoms with Crippen LogP contribution in [0.5, 0.6) is 0 Å². The topological polar surface area (TPSA) is 69.6 Å². The van der Waals surface area contributed by atoms with Gasteiger partial charge in [-0.1, -0.05) is 78.1 Å². The van der Waals surface area contributed by atoms with Gasteiger partial charge in [0.25, 0.3) is 0 Å². The Morgan fingerprint density at radius 3 is 1.74 bits per heavy atom. The zero-order valence-corrected chi connectivity index (χ0v) is 15.4. The van der Waals surface area contributed by atoms with E-state index in [1.165, 1.54) is 57.8 Å². The molecule has 1 unspecified atom stereocenters. The van der Waals surface area contributed by atoms with Crippen LogP contribution in [0.15, 0.2) is 0 Å². The third kappa shape index (κ3) is 14.9. The van der Waals surface area contributed by atoms with Crippen molar-refractivity contribution >= 4 is 5.78 Å². The number of rotatable bonds is 17. The molecule has 0 aliphatic carbocycles. The van der Waals surface area contributed by atoms with Gasteiger partial charge in [-0.05, 0) is 12.8 Å². The first-order valence-corrected chi connectivity index (χ1v) is 9.74. The van der Waals surface area contributed by atoms with Crippen molar-refractivity contribution < 1.29 is 15.0 Å². The molecule has 0 aliphatic heterocycles. The molecule has 1 atom stereocenters. The summed E-state index contributed by atoms with van der Waals surface area (Å²) in [5, 5.41) is 20.6. The van der Waals surface area contributed by atoms with E-state index in [1.807, 2.05) is 6.92 Å². The highest BCUT2D eigenvalue weighted by molar-refractivity contribution is 5.83. The van der Waals surface area contributed by atoms with Gasteiger partial charge in [0, 0.05) is 13.0 Å². The van der Waals surface area contributed by atoms with E-state index in [0.717, 1.165) is 12.8 Å². The van der Waals surface area contributed by atoms with Gasteiger partial charge in [-0.3, -0.25) is 4.79 Å². The van der Waals surface area contributed by atoms with Crippen LogP contribution in [0.25, 0.3) is 0 Å². The van der Waals surface area contributed by atoms with Crippen molar-refractivity contribution in [3.8, 4) is 0 Å². The molecule has 0 aromatic rings. The third-order valence-corrected chi connectivity index (χ3v) is 4.37. The van der Waals surface area contributed by atoms with Crippen LogP contribution >= 0.6 is 0 Å². The minimum Gasteiger partial charge on any atom is -0.367 e. The van der Waals surface area contributed by atoms with Crippen LogP contribution in [0, 0.1) is 0 Å². The molecule has 0 saturated heterocycles. The molecule has 0 amide bonds. The van der Waals surface area contributed by atoms with Crippen LogP contribution in [-0.4, -0.2) is 34.9 Å².